The van der Waals surface area contributed by atoms with E-state index in [4.69, 9.17) is 5.73 Å². The van der Waals surface area contributed by atoms with Crippen LogP contribution in [-0.4, -0.2) is 48.1 Å². The predicted octanol–water partition coefficient (Wildman–Crippen LogP) is 1.03. The third-order valence-electron chi connectivity index (χ3n) is 5.74. The fraction of sp³-hybridized carbons (Fsp3) is 0.722. The van der Waals surface area contributed by atoms with E-state index in [1.54, 1.807) is 12.3 Å². The van der Waals surface area contributed by atoms with Crippen molar-refractivity contribution in [1.82, 2.24) is 20.6 Å². The SMILES string of the molecule is CC(C)[C@@H]1CN(c2nccc(N)n2)C[C@H]1NC(=O)C1(C)CCNCC1. The van der Waals surface area contributed by atoms with E-state index in [2.05, 4.69) is 46.3 Å². The molecule has 1 aromatic rings. The fourth-order valence-corrected chi connectivity index (χ4v) is 3.88. The van der Waals surface area contributed by atoms with Crippen LogP contribution in [0.15, 0.2) is 12.3 Å². The van der Waals surface area contributed by atoms with Gasteiger partial charge in [0.25, 0.3) is 0 Å². The molecule has 2 fully saturated rings. The van der Waals surface area contributed by atoms with E-state index in [9.17, 15) is 4.79 Å². The molecule has 4 N–H and O–H groups in total. The summed E-state index contributed by atoms with van der Waals surface area (Å²) in [7, 11) is 0. The van der Waals surface area contributed by atoms with Crippen LogP contribution >= 0.6 is 0 Å². The quantitative estimate of drug-likeness (QED) is 0.753. The first-order chi connectivity index (χ1) is 11.9. The Morgan fingerprint density at radius 1 is 1.40 bits per heavy atom. The second kappa shape index (κ2) is 7.15. The molecule has 0 aromatic carbocycles. The molecule has 7 heteroatoms. The molecule has 0 saturated carbocycles. The standard InChI is InChI=1S/C18H30N6O/c1-12(2)13-10-24(17-21-7-4-15(19)23-17)11-14(13)22-16(25)18(3)5-8-20-9-6-18/h4,7,12-14,20H,5-6,8-11H2,1-3H3,(H,22,25)(H2,19,21,23)/t13-,14+/m0/s1. The van der Waals surface area contributed by atoms with Crippen molar-refractivity contribution >= 4 is 17.7 Å². The molecule has 0 bridgehead atoms. The van der Waals surface area contributed by atoms with E-state index in [1.165, 1.54) is 0 Å². The predicted molar refractivity (Wildman–Crippen MR) is 99.1 cm³/mol. The molecule has 0 unspecified atom stereocenters. The molecule has 2 aliphatic rings. The minimum Gasteiger partial charge on any atom is -0.384 e. The summed E-state index contributed by atoms with van der Waals surface area (Å²) < 4.78 is 0. The second-order valence-electron chi connectivity index (χ2n) is 7.98. The Balaban J connectivity index is 1.72. The first-order valence-electron chi connectivity index (χ1n) is 9.24. The molecule has 0 spiro atoms. The van der Waals surface area contributed by atoms with Crippen molar-refractivity contribution in [2.75, 3.05) is 36.8 Å². The number of nitrogens with zero attached hydrogens (tertiary/aromatic N) is 3. The highest BCUT2D eigenvalue weighted by Gasteiger charge is 2.41. The van der Waals surface area contributed by atoms with E-state index in [-0.39, 0.29) is 17.4 Å². The number of carbonyl (C=O) groups excluding carboxylic acids is 1. The Morgan fingerprint density at radius 2 is 2.12 bits per heavy atom. The van der Waals surface area contributed by atoms with Gasteiger partial charge in [0.15, 0.2) is 0 Å². The monoisotopic (exact) mass is 346 g/mol. The average Bonchev–Trinajstić information content (AvgIpc) is 3.00. The number of carbonyl (C=O) groups is 1. The maximum Gasteiger partial charge on any atom is 0.227 e. The zero-order chi connectivity index (χ0) is 18.0. The van der Waals surface area contributed by atoms with E-state index in [1.807, 2.05) is 0 Å². The number of nitrogens with one attached hydrogen (secondary N) is 2. The highest BCUT2D eigenvalue weighted by atomic mass is 16.2. The molecule has 3 rings (SSSR count). The van der Waals surface area contributed by atoms with Gasteiger partial charge in [-0.05, 0) is 37.9 Å². The van der Waals surface area contributed by atoms with Crippen LogP contribution in [0.2, 0.25) is 0 Å². The van der Waals surface area contributed by atoms with Gasteiger partial charge in [0, 0.05) is 30.6 Å². The van der Waals surface area contributed by atoms with Crippen LogP contribution in [0.1, 0.15) is 33.6 Å². The summed E-state index contributed by atoms with van der Waals surface area (Å²) in [5, 5.41) is 6.67. The number of piperidine rings is 1. The molecule has 0 aliphatic carbocycles. The first-order valence-corrected chi connectivity index (χ1v) is 9.24. The number of rotatable bonds is 4. The summed E-state index contributed by atoms with van der Waals surface area (Å²) >= 11 is 0. The number of nitrogen functional groups attached to an aromatic ring is 1. The van der Waals surface area contributed by atoms with Gasteiger partial charge in [-0.25, -0.2) is 4.98 Å². The number of hydrogen-bond acceptors (Lipinski definition) is 6. The number of anilines is 2. The topological polar surface area (TPSA) is 96.2 Å². The van der Waals surface area contributed by atoms with Crippen molar-refractivity contribution < 1.29 is 4.79 Å². The van der Waals surface area contributed by atoms with Crippen LogP contribution in [0.5, 0.6) is 0 Å². The highest BCUT2D eigenvalue weighted by molar-refractivity contribution is 5.82. The Bertz CT molecular complexity index is 613. The molecule has 0 radical (unpaired) electrons. The maximum atomic E-state index is 12.9. The van der Waals surface area contributed by atoms with Gasteiger partial charge in [-0.15, -0.1) is 0 Å². The maximum absolute atomic E-state index is 12.9. The third-order valence-corrected chi connectivity index (χ3v) is 5.74. The minimum atomic E-state index is -0.270. The smallest absolute Gasteiger partial charge is 0.227 e. The molecular formula is C18H30N6O. The molecule has 2 aliphatic heterocycles. The van der Waals surface area contributed by atoms with Gasteiger partial charge in [-0.2, -0.15) is 4.98 Å². The second-order valence-corrected chi connectivity index (χ2v) is 7.98. The van der Waals surface area contributed by atoms with Crippen molar-refractivity contribution in [3.63, 3.8) is 0 Å². The third kappa shape index (κ3) is 3.86. The molecule has 1 amide bonds. The lowest BCUT2D eigenvalue weighted by atomic mass is 9.79. The van der Waals surface area contributed by atoms with Gasteiger partial charge in [-0.3, -0.25) is 4.79 Å². The summed E-state index contributed by atoms with van der Waals surface area (Å²) in [6.07, 6.45) is 3.46. The highest BCUT2D eigenvalue weighted by Crippen LogP contribution is 2.31. The summed E-state index contributed by atoms with van der Waals surface area (Å²) in [4.78, 5) is 23.8. The molecule has 3 heterocycles. The van der Waals surface area contributed by atoms with Crippen LogP contribution < -0.4 is 21.3 Å². The van der Waals surface area contributed by atoms with Crippen LogP contribution in [0.25, 0.3) is 0 Å². The minimum absolute atomic E-state index is 0.115. The molecule has 7 nitrogen and oxygen atoms in total. The summed E-state index contributed by atoms with van der Waals surface area (Å²) in [5.41, 5.74) is 5.53. The lowest BCUT2D eigenvalue weighted by molar-refractivity contribution is -0.132. The van der Waals surface area contributed by atoms with Crippen LogP contribution in [0.3, 0.4) is 0 Å². The van der Waals surface area contributed by atoms with Crippen molar-refractivity contribution in [2.45, 2.75) is 39.7 Å². The van der Waals surface area contributed by atoms with E-state index < -0.39 is 0 Å². The van der Waals surface area contributed by atoms with Gasteiger partial charge >= 0.3 is 0 Å². The summed E-state index contributed by atoms with van der Waals surface area (Å²) in [6, 6.07) is 1.81. The van der Waals surface area contributed by atoms with Gasteiger partial charge in [-0.1, -0.05) is 20.8 Å². The zero-order valence-electron chi connectivity index (χ0n) is 15.5. The van der Waals surface area contributed by atoms with Crippen LogP contribution in [0.4, 0.5) is 11.8 Å². The van der Waals surface area contributed by atoms with Gasteiger partial charge in [0.05, 0.1) is 6.04 Å². The number of amides is 1. The van der Waals surface area contributed by atoms with Crippen molar-refractivity contribution in [1.29, 1.82) is 0 Å². The van der Waals surface area contributed by atoms with Crippen molar-refractivity contribution in [2.24, 2.45) is 17.3 Å². The molecule has 2 saturated heterocycles. The van der Waals surface area contributed by atoms with Crippen molar-refractivity contribution in [3.05, 3.63) is 12.3 Å². The lowest BCUT2D eigenvalue weighted by Crippen LogP contribution is -2.51. The first kappa shape index (κ1) is 17.9. The Kier molecular flexibility index (Phi) is 5.13. The van der Waals surface area contributed by atoms with Gasteiger partial charge < -0.3 is 21.3 Å². The molecule has 25 heavy (non-hydrogen) atoms. The number of aromatic nitrogens is 2. The zero-order valence-corrected chi connectivity index (χ0v) is 15.5. The summed E-state index contributed by atoms with van der Waals surface area (Å²) in [5.74, 6) is 2.15. The number of hydrogen-bond donors (Lipinski definition) is 3. The normalized spacial score (nSPS) is 26.0. The largest absolute Gasteiger partial charge is 0.384 e. The Labute approximate surface area is 149 Å². The van der Waals surface area contributed by atoms with Crippen molar-refractivity contribution in [3.8, 4) is 0 Å². The number of nitrogens with two attached hydrogens (primary N) is 1. The van der Waals surface area contributed by atoms with Gasteiger partial charge in [0.1, 0.15) is 5.82 Å². The lowest BCUT2D eigenvalue weighted by Gasteiger charge is -2.34. The van der Waals surface area contributed by atoms with Gasteiger partial charge in [0.2, 0.25) is 11.9 Å². The van der Waals surface area contributed by atoms with E-state index in [0.717, 1.165) is 39.0 Å². The Morgan fingerprint density at radius 3 is 2.76 bits per heavy atom. The van der Waals surface area contributed by atoms with E-state index >= 15 is 0 Å². The van der Waals surface area contributed by atoms with Crippen LogP contribution in [0, 0.1) is 17.3 Å². The molecule has 138 valence electrons. The summed E-state index contributed by atoms with van der Waals surface area (Å²) in [6.45, 7) is 9.88. The van der Waals surface area contributed by atoms with Crippen LogP contribution in [-0.2, 0) is 4.79 Å². The molecule has 2 atom stereocenters. The molecule has 1 aromatic heterocycles. The average molecular weight is 346 g/mol. The molecular weight excluding hydrogens is 316 g/mol. The van der Waals surface area contributed by atoms with E-state index in [0.29, 0.717) is 23.6 Å². The fourth-order valence-electron chi connectivity index (χ4n) is 3.88. The Hall–Kier alpha value is -1.89.